The third kappa shape index (κ3) is 5.30. The van der Waals surface area contributed by atoms with E-state index >= 15 is 0 Å². The molecular weight excluding hydrogens is 405 g/mol. The first kappa shape index (κ1) is 22.8. The number of fused-ring (bicyclic) bond motifs is 1. The molecule has 160 valence electrons. The summed E-state index contributed by atoms with van der Waals surface area (Å²) in [6, 6.07) is 0. The number of carboxylic acid groups (broad SMARTS) is 1. The average molecular weight is 424 g/mol. The number of terminal acetylenes is 1. The number of aliphatic carboxylic acids is 1. The summed E-state index contributed by atoms with van der Waals surface area (Å²) in [4.78, 5) is 28.3. The Bertz CT molecular complexity index is 1070. The molecule has 3 rings (SSSR count). The lowest BCUT2D eigenvalue weighted by atomic mass is 10.4. The SMILES string of the molecule is C#CCn1ncc2nc(N3CCNCC3)n(CC#CC)c2c1=O.O=C(O)C(F)(F)F. The highest BCUT2D eigenvalue weighted by molar-refractivity contribution is 5.77. The van der Waals surface area contributed by atoms with E-state index in [0.29, 0.717) is 17.6 Å². The van der Waals surface area contributed by atoms with Gasteiger partial charge < -0.3 is 15.3 Å². The zero-order valence-corrected chi connectivity index (χ0v) is 16.0. The van der Waals surface area contributed by atoms with Gasteiger partial charge in [0.05, 0.1) is 12.7 Å². The first-order chi connectivity index (χ1) is 14.2. The van der Waals surface area contributed by atoms with Crippen LogP contribution in [0.15, 0.2) is 11.0 Å². The van der Waals surface area contributed by atoms with Crippen LogP contribution in [0, 0.1) is 24.2 Å². The maximum absolute atomic E-state index is 12.7. The molecule has 0 saturated carbocycles. The van der Waals surface area contributed by atoms with Crippen LogP contribution in [0.2, 0.25) is 0 Å². The Morgan fingerprint density at radius 1 is 1.33 bits per heavy atom. The highest BCUT2D eigenvalue weighted by Gasteiger charge is 2.38. The van der Waals surface area contributed by atoms with Gasteiger partial charge in [-0.15, -0.1) is 12.3 Å². The van der Waals surface area contributed by atoms with Crippen molar-refractivity contribution in [2.75, 3.05) is 31.1 Å². The first-order valence-electron chi connectivity index (χ1n) is 8.76. The van der Waals surface area contributed by atoms with E-state index in [4.69, 9.17) is 16.3 Å². The minimum absolute atomic E-state index is 0.141. The normalized spacial score (nSPS) is 13.6. The summed E-state index contributed by atoms with van der Waals surface area (Å²) in [6.45, 7) is 5.81. The van der Waals surface area contributed by atoms with E-state index in [1.54, 1.807) is 13.1 Å². The van der Waals surface area contributed by atoms with Crippen molar-refractivity contribution < 1.29 is 23.1 Å². The van der Waals surface area contributed by atoms with Crippen LogP contribution >= 0.6 is 0 Å². The summed E-state index contributed by atoms with van der Waals surface area (Å²) in [7, 11) is 0. The third-order valence-corrected chi connectivity index (χ3v) is 4.03. The lowest BCUT2D eigenvalue weighted by Crippen LogP contribution is -2.44. The third-order valence-electron chi connectivity index (χ3n) is 4.03. The molecular formula is C18H19F3N6O3. The zero-order valence-electron chi connectivity index (χ0n) is 16.0. The van der Waals surface area contributed by atoms with Crippen LogP contribution < -0.4 is 15.8 Å². The van der Waals surface area contributed by atoms with Crippen LogP contribution in [0.1, 0.15) is 6.92 Å². The number of carbonyl (C=O) groups is 1. The van der Waals surface area contributed by atoms with Gasteiger partial charge in [0.1, 0.15) is 17.6 Å². The van der Waals surface area contributed by atoms with Gasteiger partial charge in [0.25, 0.3) is 5.56 Å². The highest BCUT2D eigenvalue weighted by atomic mass is 19.4. The predicted molar refractivity (Wildman–Crippen MR) is 103 cm³/mol. The number of piperazine rings is 1. The number of nitrogens with one attached hydrogen (secondary N) is 1. The molecule has 2 aromatic rings. The van der Waals surface area contributed by atoms with E-state index in [9.17, 15) is 18.0 Å². The summed E-state index contributed by atoms with van der Waals surface area (Å²) in [6.07, 6.45) is 1.81. The highest BCUT2D eigenvalue weighted by Crippen LogP contribution is 2.20. The van der Waals surface area contributed by atoms with E-state index < -0.39 is 12.1 Å². The number of alkyl halides is 3. The Hall–Kier alpha value is -3.51. The van der Waals surface area contributed by atoms with Crippen molar-refractivity contribution in [3.63, 3.8) is 0 Å². The number of anilines is 1. The van der Waals surface area contributed by atoms with Crippen LogP contribution in [0.5, 0.6) is 0 Å². The standard InChI is InChI=1S/C16H18N6O.C2HF3O2/c1-3-5-9-21-14-13(12-18-22(8-4-2)15(14)23)19-16(21)20-10-6-17-7-11-20;3-2(4,5)1(6)7/h2,12,17H,6-11H2,1H3;(H,6,7). The predicted octanol–water partition coefficient (Wildman–Crippen LogP) is 0.292. The quantitative estimate of drug-likeness (QED) is 0.683. The molecule has 2 aromatic heterocycles. The second-order valence-electron chi connectivity index (χ2n) is 6.01. The maximum Gasteiger partial charge on any atom is 0.490 e. The Labute approximate surface area is 169 Å². The van der Waals surface area contributed by atoms with Crippen molar-refractivity contribution in [1.82, 2.24) is 24.6 Å². The Morgan fingerprint density at radius 2 is 1.97 bits per heavy atom. The van der Waals surface area contributed by atoms with Crippen LogP contribution in [0.25, 0.3) is 11.0 Å². The molecule has 1 aliphatic rings. The van der Waals surface area contributed by atoms with Gasteiger partial charge in [-0.2, -0.15) is 18.3 Å². The number of imidazole rings is 1. The smallest absolute Gasteiger partial charge is 0.475 e. The largest absolute Gasteiger partial charge is 0.490 e. The lowest BCUT2D eigenvalue weighted by Gasteiger charge is -2.28. The Balaban J connectivity index is 0.000000396. The Kier molecular flexibility index (Phi) is 7.44. The lowest BCUT2D eigenvalue weighted by molar-refractivity contribution is -0.192. The molecule has 0 aliphatic carbocycles. The van der Waals surface area contributed by atoms with Crippen molar-refractivity contribution >= 4 is 23.0 Å². The van der Waals surface area contributed by atoms with Gasteiger partial charge in [-0.05, 0) is 6.92 Å². The Morgan fingerprint density at radius 3 is 2.50 bits per heavy atom. The molecule has 0 aromatic carbocycles. The minimum Gasteiger partial charge on any atom is -0.475 e. The number of hydrogen-bond donors (Lipinski definition) is 2. The van der Waals surface area contributed by atoms with E-state index in [1.807, 2.05) is 4.57 Å². The zero-order chi connectivity index (χ0) is 22.3. The number of rotatable bonds is 3. The van der Waals surface area contributed by atoms with Crippen LogP contribution in [0.3, 0.4) is 0 Å². The van der Waals surface area contributed by atoms with E-state index in [2.05, 4.69) is 38.1 Å². The van der Waals surface area contributed by atoms with Gasteiger partial charge in [-0.1, -0.05) is 11.8 Å². The second-order valence-corrected chi connectivity index (χ2v) is 6.01. The molecule has 0 radical (unpaired) electrons. The van der Waals surface area contributed by atoms with Crippen molar-refractivity contribution in [3.05, 3.63) is 16.6 Å². The molecule has 12 heteroatoms. The van der Waals surface area contributed by atoms with E-state index in [1.165, 1.54) is 4.68 Å². The molecule has 0 bridgehead atoms. The number of nitrogens with zero attached hydrogens (tertiary/aromatic N) is 5. The molecule has 2 N–H and O–H groups in total. The molecule has 1 fully saturated rings. The monoisotopic (exact) mass is 424 g/mol. The van der Waals surface area contributed by atoms with E-state index in [0.717, 1.165) is 32.1 Å². The minimum atomic E-state index is -5.08. The van der Waals surface area contributed by atoms with Crippen molar-refractivity contribution in [1.29, 1.82) is 0 Å². The van der Waals surface area contributed by atoms with Crippen molar-refractivity contribution in [3.8, 4) is 24.2 Å². The van der Waals surface area contributed by atoms with Crippen LogP contribution in [0.4, 0.5) is 19.1 Å². The number of halogens is 3. The van der Waals surface area contributed by atoms with Crippen LogP contribution in [-0.2, 0) is 17.9 Å². The fraction of sp³-hybridized carbons (Fsp3) is 0.444. The molecule has 0 spiro atoms. The second kappa shape index (κ2) is 9.80. The molecule has 1 saturated heterocycles. The fourth-order valence-electron chi connectivity index (χ4n) is 2.69. The first-order valence-corrected chi connectivity index (χ1v) is 8.76. The van der Waals surface area contributed by atoms with E-state index in [-0.39, 0.29) is 12.1 Å². The van der Waals surface area contributed by atoms with Gasteiger partial charge in [-0.3, -0.25) is 9.36 Å². The van der Waals surface area contributed by atoms with Gasteiger partial charge in [0.15, 0.2) is 0 Å². The van der Waals surface area contributed by atoms with Gasteiger partial charge in [0, 0.05) is 26.2 Å². The fourth-order valence-corrected chi connectivity index (χ4v) is 2.69. The maximum atomic E-state index is 12.7. The van der Waals surface area contributed by atoms with Gasteiger partial charge in [-0.25, -0.2) is 14.5 Å². The van der Waals surface area contributed by atoms with Crippen molar-refractivity contribution in [2.24, 2.45) is 0 Å². The summed E-state index contributed by atoms with van der Waals surface area (Å²) < 4.78 is 34.9. The van der Waals surface area contributed by atoms with Gasteiger partial charge >= 0.3 is 12.1 Å². The summed E-state index contributed by atoms with van der Waals surface area (Å²) >= 11 is 0. The molecule has 9 nitrogen and oxygen atoms in total. The summed E-state index contributed by atoms with van der Waals surface area (Å²) in [5.41, 5.74) is 0.855. The molecule has 0 atom stereocenters. The number of carboxylic acids is 1. The van der Waals surface area contributed by atoms with Crippen LogP contribution in [-0.4, -0.2) is 62.8 Å². The van der Waals surface area contributed by atoms with Crippen molar-refractivity contribution in [2.45, 2.75) is 26.2 Å². The average Bonchev–Trinajstić information content (AvgIpc) is 3.08. The summed E-state index contributed by atoms with van der Waals surface area (Å²) in [5, 5.41) is 14.5. The van der Waals surface area contributed by atoms with Gasteiger partial charge in [0.2, 0.25) is 5.95 Å². The molecule has 30 heavy (non-hydrogen) atoms. The molecule has 1 aliphatic heterocycles. The summed E-state index contributed by atoms with van der Waals surface area (Å²) in [5.74, 6) is 6.35. The topological polar surface area (TPSA) is 105 Å². The molecule has 3 heterocycles. The molecule has 0 unspecified atom stereocenters. The number of aromatic nitrogens is 4. The number of hydrogen-bond acceptors (Lipinski definition) is 6. The molecule has 0 amide bonds.